The van der Waals surface area contributed by atoms with Gasteiger partial charge in [-0.2, -0.15) is 5.10 Å². The van der Waals surface area contributed by atoms with Crippen LogP contribution in [0.1, 0.15) is 45.4 Å². The summed E-state index contributed by atoms with van der Waals surface area (Å²) >= 11 is 0. The number of nitrogens with one attached hydrogen (secondary N) is 1. The highest BCUT2D eigenvalue weighted by Gasteiger charge is 2.02. The molecule has 1 rings (SSSR count). The molecule has 1 aromatic rings. The fourth-order valence-electron chi connectivity index (χ4n) is 1.50. The first-order valence-electron chi connectivity index (χ1n) is 5.95. The molecule has 0 spiro atoms. The normalized spacial score (nSPS) is 10.8. The lowest BCUT2D eigenvalue weighted by atomic mass is 10.2. The van der Waals surface area contributed by atoms with Crippen molar-refractivity contribution in [1.82, 2.24) is 20.1 Å². The molecular weight excluding hydrogens is 188 g/mol. The molecule has 0 aliphatic heterocycles. The number of aryl methyl sites for hydroxylation is 1. The zero-order valence-electron chi connectivity index (χ0n) is 9.87. The van der Waals surface area contributed by atoms with Gasteiger partial charge in [0.05, 0.1) is 6.54 Å². The second-order valence-electron chi connectivity index (χ2n) is 3.78. The lowest BCUT2D eigenvalue weighted by molar-refractivity contribution is 0.514. The van der Waals surface area contributed by atoms with Crippen LogP contribution in [0.5, 0.6) is 0 Å². The van der Waals surface area contributed by atoms with E-state index in [1.165, 1.54) is 19.3 Å². The van der Waals surface area contributed by atoms with Crippen LogP contribution in [0.25, 0.3) is 0 Å². The molecule has 0 atom stereocenters. The summed E-state index contributed by atoms with van der Waals surface area (Å²) in [5.74, 6) is 1.06. The van der Waals surface area contributed by atoms with Crippen LogP contribution in [0, 0.1) is 0 Å². The van der Waals surface area contributed by atoms with E-state index in [1.54, 1.807) is 6.33 Å². The van der Waals surface area contributed by atoms with Crippen molar-refractivity contribution in [3.8, 4) is 0 Å². The zero-order chi connectivity index (χ0) is 10.9. The van der Waals surface area contributed by atoms with Crippen LogP contribution in [-0.2, 0) is 13.1 Å². The molecule has 0 fully saturated rings. The zero-order valence-corrected chi connectivity index (χ0v) is 9.87. The molecule has 0 unspecified atom stereocenters. The minimum absolute atomic E-state index is 0.833. The van der Waals surface area contributed by atoms with Crippen molar-refractivity contribution in [2.45, 2.75) is 52.6 Å². The third-order valence-corrected chi connectivity index (χ3v) is 2.38. The maximum absolute atomic E-state index is 4.26. The minimum atomic E-state index is 0.833. The van der Waals surface area contributed by atoms with E-state index in [0.717, 1.165) is 31.9 Å². The Balaban J connectivity index is 2.32. The Kier molecular flexibility index (Phi) is 6.00. The van der Waals surface area contributed by atoms with Gasteiger partial charge in [0.1, 0.15) is 12.2 Å². The van der Waals surface area contributed by atoms with Crippen LogP contribution >= 0.6 is 0 Å². The highest BCUT2D eigenvalue weighted by molar-refractivity contribution is 4.83. The Morgan fingerprint density at radius 1 is 1.27 bits per heavy atom. The predicted molar refractivity (Wildman–Crippen MR) is 61.5 cm³/mol. The summed E-state index contributed by atoms with van der Waals surface area (Å²) in [6.07, 6.45) is 6.51. The SMILES string of the molecule is CCCCCn1ncnc1CNCCC. The van der Waals surface area contributed by atoms with Gasteiger partial charge in [-0.1, -0.05) is 26.7 Å². The summed E-state index contributed by atoms with van der Waals surface area (Å²) in [5, 5.41) is 7.58. The van der Waals surface area contributed by atoms with Gasteiger partial charge in [0.2, 0.25) is 0 Å². The smallest absolute Gasteiger partial charge is 0.140 e. The number of rotatable bonds is 8. The lowest BCUT2D eigenvalue weighted by Crippen LogP contribution is -2.18. The molecule has 0 aliphatic carbocycles. The van der Waals surface area contributed by atoms with Crippen molar-refractivity contribution < 1.29 is 0 Å². The van der Waals surface area contributed by atoms with Crippen LogP contribution < -0.4 is 5.32 Å². The van der Waals surface area contributed by atoms with Crippen LogP contribution in [0.4, 0.5) is 0 Å². The van der Waals surface area contributed by atoms with Gasteiger partial charge in [-0.15, -0.1) is 0 Å². The second-order valence-corrected chi connectivity index (χ2v) is 3.78. The first-order valence-corrected chi connectivity index (χ1v) is 5.95. The van der Waals surface area contributed by atoms with Crippen LogP contribution in [0.2, 0.25) is 0 Å². The molecule has 4 nitrogen and oxygen atoms in total. The van der Waals surface area contributed by atoms with Crippen LogP contribution in [0.15, 0.2) is 6.33 Å². The van der Waals surface area contributed by atoms with Gasteiger partial charge in [-0.05, 0) is 19.4 Å². The number of aromatic nitrogens is 3. The summed E-state index contributed by atoms with van der Waals surface area (Å²) in [6.45, 7) is 7.25. The molecule has 1 N–H and O–H groups in total. The molecule has 86 valence electrons. The quantitative estimate of drug-likeness (QED) is 0.667. The van der Waals surface area contributed by atoms with Crippen molar-refractivity contribution in [3.63, 3.8) is 0 Å². The molecule has 0 amide bonds. The summed E-state index contributed by atoms with van der Waals surface area (Å²) < 4.78 is 2.01. The topological polar surface area (TPSA) is 42.7 Å². The number of nitrogens with zero attached hydrogens (tertiary/aromatic N) is 3. The number of hydrogen-bond donors (Lipinski definition) is 1. The fourth-order valence-corrected chi connectivity index (χ4v) is 1.50. The van der Waals surface area contributed by atoms with E-state index in [0.29, 0.717) is 0 Å². The van der Waals surface area contributed by atoms with Gasteiger partial charge < -0.3 is 5.32 Å². The molecule has 0 bridgehead atoms. The van der Waals surface area contributed by atoms with E-state index in [1.807, 2.05) is 4.68 Å². The van der Waals surface area contributed by atoms with Crippen LogP contribution in [0.3, 0.4) is 0 Å². The fraction of sp³-hybridized carbons (Fsp3) is 0.818. The van der Waals surface area contributed by atoms with E-state index in [2.05, 4.69) is 29.2 Å². The van der Waals surface area contributed by atoms with E-state index < -0.39 is 0 Å². The summed E-state index contributed by atoms with van der Waals surface area (Å²) in [6, 6.07) is 0. The average Bonchev–Trinajstić information content (AvgIpc) is 2.67. The Bertz CT molecular complexity index is 232. The summed E-state index contributed by atoms with van der Waals surface area (Å²) in [5.41, 5.74) is 0. The predicted octanol–water partition coefficient (Wildman–Crippen LogP) is 1.97. The van der Waals surface area contributed by atoms with Gasteiger partial charge in [0.15, 0.2) is 0 Å². The molecule has 0 saturated carbocycles. The van der Waals surface area contributed by atoms with Crippen molar-refractivity contribution in [3.05, 3.63) is 12.2 Å². The standard InChI is InChI=1S/C11H22N4/c1-3-5-6-8-15-11(13-10-14-15)9-12-7-4-2/h10,12H,3-9H2,1-2H3. The second kappa shape index (κ2) is 7.40. The molecule has 0 saturated heterocycles. The van der Waals surface area contributed by atoms with E-state index in [-0.39, 0.29) is 0 Å². The average molecular weight is 210 g/mol. The third kappa shape index (κ3) is 4.42. The molecule has 1 aromatic heterocycles. The number of hydrogen-bond acceptors (Lipinski definition) is 3. The van der Waals surface area contributed by atoms with E-state index >= 15 is 0 Å². The maximum atomic E-state index is 4.26. The highest BCUT2D eigenvalue weighted by atomic mass is 15.3. The minimum Gasteiger partial charge on any atom is -0.310 e. The van der Waals surface area contributed by atoms with Gasteiger partial charge in [-0.3, -0.25) is 0 Å². The van der Waals surface area contributed by atoms with E-state index in [9.17, 15) is 0 Å². The third-order valence-electron chi connectivity index (χ3n) is 2.38. The highest BCUT2D eigenvalue weighted by Crippen LogP contribution is 2.00. The largest absolute Gasteiger partial charge is 0.310 e. The first kappa shape index (κ1) is 12.2. The molecule has 1 heterocycles. The van der Waals surface area contributed by atoms with Gasteiger partial charge in [0.25, 0.3) is 0 Å². The molecule has 15 heavy (non-hydrogen) atoms. The Labute approximate surface area is 92.1 Å². The maximum Gasteiger partial charge on any atom is 0.140 e. The number of unbranched alkanes of at least 4 members (excludes halogenated alkanes) is 2. The lowest BCUT2D eigenvalue weighted by Gasteiger charge is -2.06. The van der Waals surface area contributed by atoms with Gasteiger partial charge >= 0.3 is 0 Å². The van der Waals surface area contributed by atoms with Crippen molar-refractivity contribution in [2.24, 2.45) is 0 Å². The van der Waals surface area contributed by atoms with Gasteiger partial charge in [-0.25, -0.2) is 9.67 Å². The molecular formula is C11H22N4. The van der Waals surface area contributed by atoms with Gasteiger partial charge in [0, 0.05) is 6.54 Å². The molecule has 0 aliphatic rings. The Morgan fingerprint density at radius 2 is 2.13 bits per heavy atom. The van der Waals surface area contributed by atoms with Crippen molar-refractivity contribution >= 4 is 0 Å². The first-order chi connectivity index (χ1) is 7.38. The monoisotopic (exact) mass is 210 g/mol. The Morgan fingerprint density at radius 3 is 2.87 bits per heavy atom. The van der Waals surface area contributed by atoms with Crippen molar-refractivity contribution in [2.75, 3.05) is 6.54 Å². The van der Waals surface area contributed by atoms with Crippen LogP contribution in [-0.4, -0.2) is 21.3 Å². The molecule has 0 aromatic carbocycles. The Hall–Kier alpha value is -0.900. The summed E-state index contributed by atoms with van der Waals surface area (Å²) in [4.78, 5) is 4.26. The molecule has 0 radical (unpaired) electrons. The summed E-state index contributed by atoms with van der Waals surface area (Å²) in [7, 11) is 0. The van der Waals surface area contributed by atoms with Crippen molar-refractivity contribution in [1.29, 1.82) is 0 Å². The van der Waals surface area contributed by atoms with E-state index in [4.69, 9.17) is 0 Å². The molecule has 4 heteroatoms.